The van der Waals surface area contributed by atoms with Gasteiger partial charge in [-0.15, -0.1) is 3.63 Å². The molecule has 0 spiro atoms. The van der Waals surface area contributed by atoms with E-state index in [-0.39, 0.29) is 10.8 Å². The number of benzene rings is 2. The highest BCUT2D eigenvalue weighted by Crippen LogP contribution is 2.40. The first-order chi connectivity index (χ1) is 11.0. The van der Waals surface area contributed by atoms with Crippen molar-refractivity contribution in [3.05, 3.63) is 29.3 Å². The summed E-state index contributed by atoms with van der Waals surface area (Å²) in [5, 5.41) is 18.2. The zero-order valence-electron chi connectivity index (χ0n) is 11.4. The summed E-state index contributed by atoms with van der Waals surface area (Å²) < 4.78 is 52.9. The first-order valence-electron chi connectivity index (χ1n) is 6.04. The van der Waals surface area contributed by atoms with Gasteiger partial charge in [0.25, 0.3) is 0 Å². The van der Waals surface area contributed by atoms with E-state index in [1.807, 2.05) is 0 Å². The lowest BCUT2D eigenvalue weighted by Gasteiger charge is -2.13. The predicted molar refractivity (Wildman–Crippen MR) is 77.7 cm³/mol. The van der Waals surface area contributed by atoms with Crippen LogP contribution in [0.3, 0.4) is 0 Å². The van der Waals surface area contributed by atoms with Gasteiger partial charge in [0, 0.05) is 5.39 Å². The molecule has 2 aliphatic heterocycles. The molecule has 126 valence electrons. The Morgan fingerprint density at radius 3 is 2.04 bits per heavy atom. The summed E-state index contributed by atoms with van der Waals surface area (Å²) >= 11 is 0. The Labute approximate surface area is 134 Å². The third-order valence-electron chi connectivity index (χ3n) is 3.42. The smallest absolute Gasteiger partial charge is 0.339 e. The van der Waals surface area contributed by atoms with Crippen molar-refractivity contribution in [1.29, 1.82) is 0 Å². The number of aromatic carboxylic acids is 2. The van der Waals surface area contributed by atoms with E-state index in [9.17, 15) is 36.6 Å². The van der Waals surface area contributed by atoms with E-state index in [0.29, 0.717) is 0 Å². The molecule has 4 N–H and O–H groups in total. The van der Waals surface area contributed by atoms with Gasteiger partial charge in [-0.1, -0.05) is 6.07 Å². The minimum absolute atomic E-state index is 0.227. The van der Waals surface area contributed by atoms with Crippen LogP contribution in [-0.4, -0.2) is 39.0 Å². The summed E-state index contributed by atoms with van der Waals surface area (Å²) in [6.07, 6.45) is 0. The van der Waals surface area contributed by atoms with Crippen LogP contribution in [0.15, 0.2) is 28.0 Å². The third-order valence-corrected chi connectivity index (χ3v) is 6.59. The summed E-state index contributed by atoms with van der Waals surface area (Å²) in [5.74, 6) is -3.62. The highest BCUT2D eigenvalue weighted by atomic mass is 32.3. The number of nitrogens with two attached hydrogens (primary N) is 1. The Hall–Kier alpha value is -2.70. The van der Waals surface area contributed by atoms with Crippen molar-refractivity contribution in [2.24, 2.45) is 0 Å². The minimum atomic E-state index is -5.30. The zero-order chi connectivity index (χ0) is 18.0. The molecule has 0 saturated carbocycles. The monoisotopic (exact) mass is 373 g/mol. The topological polar surface area (TPSA) is 178 Å². The summed E-state index contributed by atoms with van der Waals surface area (Å²) in [7, 11) is -10.1. The maximum atomic E-state index is 12.3. The number of anilines is 1. The van der Waals surface area contributed by atoms with Gasteiger partial charge in [0.2, 0.25) is 0 Å². The summed E-state index contributed by atoms with van der Waals surface area (Å²) in [5.41, 5.74) is 3.11. The highest BCUT2D eigenvalue weighted by molar-refractivity contribution is 8.00. The molecule has 2 aromatic rings. The number of fused-ring (bicyclic) bond motifs is 4. The van der Waals surface area contributed by atoms with Gasteiger partial charge >= 0.3 is 32.2 Å². The standard InChI is InChI=1S/C12H7NO9S2/c13-9-6-3-4-1-2-5(6)7(11(14)15)10(8(9)12(16)17)24(20,21)22-23(4,18)19/h1-3H,13H2,(H,14,15)(H,16,17). The Bertz CT molecular complexity index is 1160. The molecule has 4 rings (SSSR count). The molecule has 4 bridgehead atoms. The average molecular weight is 373 g/mol. The molecule has 0 saturated heterocycles. The Kier molecular flexibility index (Phi) is 3.14. The second kappa shape index (κ2) is 4.66. The van der Waals surface area contributed by atoms with Crippen molar-refractivity contribution in [3.8, 4) is 0 Å². The van der Waals surface area contributed by atoms with Gasteiger partial charge in [-0.3, -0.25) is 0 Å². The number of hydrogen-bond acceptors (Lipinski definition) is 8. The van der Waals surface area contributed by atoms with Gasteiger partial charge in [-0.05, 0) is 17.5 Å². The minimum Gasteiger partial charge on any atom is -0.478 e. The fraction of sp³-hybridized carbons (Fsp3) is 0. The second-order valence-electron chi connectivity index (χ2n) is 4.79. The van der Waals surface area contributed by atoms with Crippen molar-refractivity contribution < 1.29 is 40.3 Å². The van der Waals surface area contributed by atoms with Gasteiger partial charge in [-0.25, -0.2) is 9.59 Å². The van der Waals surface area contributed by atoms with E-state index in [0.717, 1.165) is 18.2 Å². The van der Waals surface area contributed by atoms with E-state index in [4.69, 9.17) is 5.73 Å². The van der Waals surface area contributed by atoms with Crippen LogP contribution < -0.4 is 5.73 Å². The number of hydrogen-bond donors (Lipinski definition) is 3. The normalized spacial score (nSPS) is 17.5. The molecule has 2 aliphatic rings. The third kappa shape index (κ3) is 2.04. The number of carboxylic acid groups (broad SMARTS) is 2. The molecule has 0 aromatic heterocycles. The summed E-state index contributed by atoms with van der Waals surface area (Å²) in [6, 6.07) is 2.83. The van der Waals surface area contributed by atoms with Gasteiger partial charge in [0.1, 0.15) is 10.5 Å². The predicted octanol–water partition coefficient (Wildman–Crippen LogP) is 0.226. The fourth-order valence-corrected chi connectivity index (χ4v) is 5.41. The van der Waals surface area contributed by atoms with Crippen LogP contribution in [0.4, 0.5) is 5.69 Å². The largest absolute Gasteiger partial charge is 0.478 e. The SMILES string of the molecule is Nc1c(C(=O)O)c2c(C(=O)O)c3ccc(cc13)S(=O)(=O)OS2(=O)=O. The first kappa shape index (κ1) is 16.2. The van der Waals surface area contributed by atoms with Gasteiger partial charge in [0.15, 0.2) is 0 Å². The Balaban J connectivity index is 2.78. The van der Waals surface area contributed by atoms with Gasteiger partial charge < -0.3 is 15.9 Å². The molecule has 0 aliphatic carbocycles. The molecule has 12 heteroatoms. The molecule has 2 aromatic carbocycles. The molecule has 0 fully saturated rings. The van der Waals surface area contributed by atoms with Crippen molar-refractivity contribution in [1.82, 2.24) is 0 Å². The fourth-order valence-electron chi connectivity index (χ4n) is 2.49. The van der Waals surface area contributed by atoms with Crippen LogP contribution in [0.25, 0.3) is 10.8 Å². The summed E-state index contributed by atoms with van der Waals surface area (Å²) in [4.78, 5) is 21.1. The van der Waals surface area contributed by atoms with E-state index >= 15 is 0 Å². The van der Waals surface area contributed by atoms with Crippen LogP contribution >= 0.6 is 0 Å². The molecule has 2 heterocycles. The molecule has 0 atom stereocenters. The Morgan fingerprint density at radius 2 is 1.50 bits per heavy atom. The van der Waals surface area contributed by atoms with Crippen LogP contribution in [0.2, 0.25) is 0 Å². The molecular formula is C12H7NO9S2. The lowest BCUT2D eigenvalue weighted by Crippen LogP contribution is -2.20. The molecule has 0 radical (unpaired) electrons. The number of carbonyl (C=O) groups is 2. The van der Waals surface area contributed by atoms with E-state index in [1.54, 1.807) is 0 Å². The number of rotatable bonds is 2. The van der Waals surface area contributed by atoms with Gasteiger partial charge in [-0.2, -0.15) is 16.8 Å². The quantitative estimate of drug-likeness (QED) is 0.617. The number of carboxylic acids is 2. The Morgan fingerprint density at radius 1 is 0.917 bits per heavy atom. The van der Waals surface area contributed by atoms with Crippen molar-refractivity contribution in [3.63, 3.8) is 0 Å². The van der Waals surface area contributed by atoms with Crippen LogP contribution in [0.5, 0.6) is 0 Å². The maximum absolute atomic E-state index is 12.3. The van der Waals surface area contributed by atoms with Crippen LogP contribution in [0, 0.1) is 0 Å². The highest BCUT2D eigenvalue weighted by Gasteiger charge is 2.39. The average Bonchev–Trinajstić information content (AvgIpc) is 2.49. The molecular weight excluding hydrogens is 366 g/mol. The maximum Gasteiger partial charge on any atom is 0.339 e. The summed E-state index contributed by atoms with van der Waals surface area (Å²) in [6.45, 7) is 0. The molecule has 24 heavy (non-hydrogen) atoms. The van der Waals surface area contributed by atoms with E-state index < -0.39 is 58.8 Å². The van der Waals surface area contributed by atoms with Crippen LogP contribution in [-0.2, 0) is 23.9 Å². The second-order valence-corrected chi connectivity index (χ2v) is 8.03. The molecule has 0 unspecified atom stereocenters. The van der Waals surface area contributed by atoms with E-state index in [2.05, 4.69) is 3.63 Å². The van der Waals surface area contributed by atoms with Gasteiger partial charge in [0.05, 0.1) is 16.1 Å². The first-order valence-corrected chi connectivity index (χ1v) is 8.86. The lowest BCUT2D eigenvalue weighted by molar-refractivity contribution is 0.0691. The van der Waals surface area contributed by atoms with E-state index in [1.165, 1.54) is 0 Å². The van der Waals surface area contributed by atoms with Crippen molar-refractivity contribution >= 4 is 48.6 Å². The lowest BCUT2D eigenvalue weighted by atomic mass is 9.98. The molecule has 0 amide bonds. The number of nitrogen functional groups attached to an aromatic ring is 1. The molecule has 10 nitrogen and oxygen atoms in total. The van der Waals surface area contributed by atoms with Crippen molar-refractivity contribution in [2.45, 2.75) is 9.79 Å². The zero-order valence-corrected chi connectivity index (χ0v) is 13.0. The van der Waals surface area contributed by atoms with Crippen molar-refractivity contribution in [2.75, 3.05) is 5.73 Å². The van der Waals surface area contributed by atoms with Crippen LogP contribution in [0.1, 0.15) is 20.7 Å².